The predicted molar refractivity (Wildman–Crippen MR) is 144 cm³/mol. The number of piperidine rings is 1. The van der Waals surface area contributed by atoms with Gasteiger partial charge in [-0.25, -0.2) is 9.67 Å². The molecule has 0 spiro atoms. The van der Waals surface area contributed by atoms with Crippen molar-refractivity contribution < 1.29 is 9.90 Å². The largest absolute Gasteiger partial charge is 0.481 e. The maximum Gasteiger partial charge on any atom is 0.309 e. The van der Waals surface area contributed by atoms with E-state index < -0.39 is 11.4 Å². The summed E-state index contributed by atoms with van der Waals surface area (Å²) < 4.78 is 1.88. The first-order chi connectivity index (χ1) is 17.7. The quantitative estimate of drug-likeness (QED) is 0.461. The zero-order chi connectivity index (χ0) is 25.9. The summed E-state index contributed by atoms with van der Waals surface area (Å²) in [5, 5.41) is 19.3. The van der Waals surface area contributed by atoms with Crippen LogP contribution in [-0.4, -0.2) is 68.2 Å². The van der Waals surface area contributed by atoms with E-state index in [2.05, 4.69) is 31.2 Å². The van der Waals surface area contributed by atoms with Gasteiger partial charge in [-0.15, -0.1) is 5.10 Å². The van der Waals surface area contributed by atoms with Crippen LogP contribution in [0.2, 0.25) is 10.0 Å². The van der Waals surface area contributed by atoms with Crippen molar-refractivity contribution in [2.75, 3.05) is 31.1 Å². The molecule has 1 N–H and O–H groups in total. The number of carbonyl (C=O) groups is 1. The molecule has 0 amide bonds. The SMILES string of the molecule is C[C@H](c1ccc(Cl)cc1Cl)n1nnc2ncc(N3CC([C@H]4CCCN(C5CC(C)(C(=O)O)C5)C4)C3)cc21. The number of fused-ring (bicyclic) bond motifs is 1. The van der Waals surface area contributed by atoms with Crippen molar-refractivity contribution in [3.63, 3.8) is 0 Å². The summed E-state index contributed by atoms with van der Waals surface area (Å²) in [6.45, 7) is 8.15. The van der Waals surface area contributed by atoms with Crippen LogP contribution in [0.3, 0.4) is 0 Å². The molecule has 0 unspecified atom stereocenters. The highest BCUT2D eigenvalue weighted by atomic mass is 35.5. The number of likely N-dealkylation sites (tertiary alicyclic amines) is 1. The lowest BCUT2D eigenvalue weighted by molar-refractivity contribution is -0.158. The number of pyridine rings is 1. The Bertz CT molecular complexity index is 1330. The van der Waals surface area contributed by atoms with E-state index in [0.29, 0.717) is 33.6 Å². The molecule has 2 saturated heterocycles. The number of carboxylic acid groups (broad SMARTS) is 1. The highest BCUT2D eigenvalue weighted by Gasteiger charge is 2.49. The van der Waals surface area contributed by atoms with Crippen LogP contribution < -0.4 is 4.90 Å². The molecule has 3 fully saturated rings. The zero-order valence-electron chi connectivity index (χ0n) is 21.1. The topological polar surface area (TPSA) is 87.4 Å². The number of hydrogen-bond donors (Lipinski definition) is 1. The summed E-state index contributed by atoms with van der Waals surface area (Å²) in [5.74, 6) is 0.664. The van der Waals surface area contributed by atoms with Gasteiger partial charge in [0.2, 0.25) is 5.65 Å². The Kier molecular flexibility index (Phi) is 6.32. The van der Waals surface area contributed by atoms with Crippen LogP contribution in [0.5, 0.6) is 0 Å². The molecule has 10 heteroatoms. The number of rotatable bonds is 6. The average molecular weight is 543 g/mol. The smallest absolute Gasteiger partial charge is 0.309 e. The van der Waals surface area contributed by atoms with E-state index in [0.717, 1.165) is 55.8 Å². The van der Waals surface area contributed by atoms with Gasteiger partial charge in [-0.3, -0.25) is 4.79 Å². The van der Waals surface area contributed by atoms with Crippen LogP contribution in [0.25, 0.3) is 11.2 Å². The van der Waals surface area contributed by atoms with Crippen LogP contribution in [0.1, 0.15) is 51.1 Å². The third kappa shape index (κ3) is 4.47. The summed E-state index contributed by atoms with van der Waals surface area (Å²) >= 11 is 12.6. The molecule has 8 nitrogen and oxygen atoms in total. The molecule has 2 aromatic heterocycles. The Labute approximate surface area is 226 Å². The Morgan fingerprint density at radius 3 is 2.68 bits per heavy atom. The van der Waals surface area contributed by atoms with E-state index in [9.17, 15) is 9.90 Å². The molecule has 196 valence electrons. The zero-order valence-corrected chi connectivity index (χ0v) is 22.7. The minimum absolute atomic E-state index is 0.112. The summed E-state index contributed by atoms with van der Waals surface area (Å²) in [4.78, 5) is 21.0. The number of hydrogen-bond acceptors (Lipinski definition) is 6. The van der Waals surface area contributed by atoms with E-state index in [1.54, 1.807) is 6.07 Å². The highest BCUT2D eigenvalue weighted by Crippen LogP contribution is 2.45. The van der Waals surface area contributed by atoms with Gasteiger partial charge in [0.1, 0.15) is 5.52 Å². The van der Waals surface area contributed by atoms with Crippen molar-refractivity contribution in [1.29, 1.82) is 0 Å². The predicted octanol–water partition coefficient (Wildman–Crippen LogP) is 5.14. The summed E-state index contributed by atoms with van der Waals surface area (Å²) in [5.41, 5.74) is 2.99. The molecular weight excluding hydrogens is 511 g/mol. The lowest BCUT2D eigenvalue weighted by Gasteiger charge is -2.52. The summed E-state index contributed by atoms with van der Waals surface area (Å²) in [6.07, 6.45) is 5.90. The number of aliphatic carboxylic acids is 1. The third-order valence-corrected chi connectivity index (χ3v) is 9.49. The molecule has 0 radical (unpaired) electrons. The lowest BCUT2D eigenvalue weighted by atomic mass is 9.65. The first-order valence-corrected chi connectivity index (χ1v) is 13.9. The second-order valence-corrected chi connectivity index (χ2v) is 12.2. The Morgan fingerprint density at radius 1 is 1.16 bits per heavy atom. The van der Waals surface area contributed by atoms with Gasteiger partial charge in [-0.2, -0.15) is 0 Å². The molecule has 3 aliphatic rings. The molecule has 1 aromatic carbocycles. The lowest BCUT2D eigenvalue weighted by Crippen LogP contribution is -2.58. The van der Waals surface area contributed by atoms with Crippen LogP contribution in [-0.2, 0) is 4.79 Å². The fraction of sp³-hybridized carbons (Fsp3) is 0.556. The van der Waals surface area contributed by atoms with Crippen molar-refractivity contribution in [3.05, 3.63) is 46.1 Å². The minimum atomic E-state index is -0.653. The van der Waals surface area contributed by atoms with Crippen LogP contribution in [0.15, 0.2) is 30.5 Å². The van der Waals surface area contributed by atoms with Gasteiger partial charge < -0.3 is 14.9 Å². The monoisotopic (exact) mass is 542 g/mol. The molecule has 4 heterocycles. The number of nitrogens with zero attached hydrogens (tertiary/aromatic N) is 6. The normalized spacial score (nSPS) is 27.6. The van der Waals surface area contributed by atoms with E-state index in [4.69, 9.17) is 23.2 Å². The summed E-state index contributed by atoms with van der Waals surface area (Å²) in [6, 6.07) is 7.96. The third-order valence-electron chi connectivity index (χ3n) is 8.93. The van der Waals surface area contributed by atoms with Crippen LogP contribution >= 0.6 is 23.2 Å². The molecule has 1 aliphatic carbocycles. The van der Waals surface area contributed by atoms with Crippen molar-refractivity contribution >= 4 is 46.0 Å². The summed E-state index contributed by atoms with van der Waals surface area (Å²) in [7, 11) is 0. The van der Waals surface area contributed by atoms with Crippen molar-refractivity contribution in [2.45, 2.75) is 51.6 Å². The molecule has 2 atom stereocenters. The first kappa shape index (κ1) is 24.9. The standard InChI is InChI=1S/C27H32Cl2N6O2/c1-16(22-6-5-19(28)8-23(22)29)35-24-9-20(12-30-25(24)31-32-35)34-14-18(15-34)17-4-3-7-33(13-17)21-10-27(2,11-21)26(36)37/h5-6,8-9,12,16-18,21H,3-4,7,10-11,13-15H2,1-2H3,(H,36,37)/t16-,17+,21?,27?/m1/s1. The number of carboxylic acids is 1. The Morgan fingerprint density at radius 2 is 1.95 bits per heavy atom. The highest BCUT2D eigenvalue weighted by molar-refractivity contribution is 6.35. The van der Waals surface area contributed by atoms with Gasteiger partial charge in [0.05, 0.1) is 23.3 Å². The maximum absolute atomic E-state index is 11.5. The molecule has 37 heavy (non-hydrogen) atoms. The van der Waals surface area contributed by atoms with Crippen molar-refractivity contribution in [1.82, 2.24) is 24.9 Å². The first-order valence-electron chi connectivity index (χ1n) is 13.1. The minimum Gasteiger partial charge on any atom is -0.481 e. The molecule has 2 aliphatic heterocycles. The Hall–Kier alpha value is -2.42. The van der Waals surface area contributed by atoms with E-state index >= 15 is 0 Å². The van der Waals surface area contributed by atoms with Gasteiger partial charge in [0, 0.05) is 35.7 Å². The van der Waals surface area contributed by atoms with Crippen molar-refractivity contribution in [2.24, 2.45) is 17.3 Å². The van der Waals surface area contributed by atoms with Crippen LogP contribution in [0, 0.1) is 17.3 Å². The molecule has 3 aromatic rings. The molecule has 0 bridgehead atoms. The molecule has 6 rings (SSSR count). The fourth-order valence-corrected chi connectivity index (χ4v) is 7.01. The number of aromatic nitrogens is 4. The van der Waals surface area contributed by atoms with Crippen molar-refractivity contribution in [3.8, 4) is 0 Å². The van der Waals surface area contributed by atoms with Gasteiger partial charge in [0.25, 0.3) is 0 Å². The second kappa shape index (κ2) is 9.40. The van der Waals surface area contributed by atoms with Gasteiger partial charge >= 0.3 is 5.97 Å². The van der Waals surface area contributed by atoms with Gasteiger partial charge in [0.15, 0.2) is 0 Å². The second-order valence-electron chi connectivity index (χ2n) is 11.4. The average Bonchev–Trinajstić information content (AvgIpc) is 3.24. The molecule has 1 saturated carbocycles. The maximum atomic E-state index is 11.5. The number of halogens is 2. The van der Waals surface area contributed by atoms with E-state index in [1.807, 2.05) is 36.9 Å². The van der Waals surface area contributed by atoms with Gasteiger partial charge in [-0.1, -0.05) is 34.5 Å². The number of anilines is 1. The number of benzene rings is 1. The molecular formula is C27H32Cl2N6O2. The van der Waals surface area contributed by atoms with E-state index in [1.165, 1.54) is 12.8 Å². The van der Waals surface area contributed by atoms with Crippen LogP contribution in [0.4, 0.5) is 5.69 Å². The Balaban J connectivity index is 1.11. The fourth-order valence-electron chi connectivity index (χ4n) is 6.44. The van der Waals surface area contributed by atoms with E-state index in [-0.39, 0.29) is 6.04 Å². The van der Waals surface area contributed by atoms with Gasteiger partial charge in [-0.05, 0) is 81.7 Å².